The van der Waals surface area contributed by atoms with Gasteiger partial charge in [-0.3, -0.25) is 4.98 Å². The molecule has 0 fully saturated rings. The zero-order valence-electron chi connectivity index (χ0n) is 6.54. The van der Waals surface area contributed by atoms with E-state index in [9.17, 15) is 4.79 Å². The maximum absolute atomic E-state index is 10.8. The third-order valence-corrected chi connectivity index (χ3v) is 1.96. The normalized spacial score (nSPS) is 10.2. The third-order valence-electron chi connectivity index (χ3n) is 1.63. The van der Waals surface area contributed by atoms with Crippen LogP contribution in [-0.4, -0.2) is 15.2 Å². The summed E-state index contributed by atoms with van der Waals surface area (Å²) >= 11 is 5.89. The van der Waals surface area contributed by atoms with Gasteiger partial charge in [-0.15, -0.1) is 0 Å². The highest BCUT2D eigenvalue weighted by atomic mass is 35.5. The number of nitrogens with zero attached hydrogens (tertiary/aromatic N) is 1. The van der Waals surface area contributed by atoms with Gasteiger partial charge < -0.3 is 0 Å². The first-order valence-electron chi connectivity index (χ1n) is 3.67. The van der Waals surface area contributed by atoms with Gasteiger partial charge in [-0.05, 0) is 12.1 Å². The van der Waals surface area contributed by atoms with Crippen molar-refractivity contribution in [1.82, 2.24) is 15.2 Å². The predicted octanol–water partition coefficient (Wildman–Crippen LogP) is 1.42. The molecule has 0 radical (unpaired) electrons. The molecule has 0 aliphatic carbocycles. The molecule has 0 unspecified atom stereocenters. The number of hydrogen-bond donors (Lipinski definition) is 2. The van der Waals surface area contributed by atoms with Gasteiger partial charge in [-0.2, -0.15) is 5.10 Å². The molecular formula is C8H6ClN3O. The lowest BCUT2D eigenvalue weighted by molar-refractivity contribution is 1.05. The highest BCUT2D eigenvalue weighted by Gasteiger charge is 2.05. The van der Waals surface area contributed by atoms with Crippen LogP contribution in [0.5, 0.6) is 0 Å². The molecule has 0 spiro atoms. The Labute approximate surface area is 78.6 Å². The lowest BCUT2D eigenvalue weighted by Crippen LogP contribution is -2.00. The lowest BCUT2D eigenvalue weighted by Gasteiger charge is -1.96. The maximum Gasteiger partial charge on any atom is 0.340 e. The van der Waals surface area contributed by atoms with E-state index in [1.165, 1.54) is 0 Å². The second-order valence-corrected chi connectivity index (χ2v) is 2.91. The van der Waals surface area contributed by atoms with Gasteiger partial charge in [0.2, 0.25) is 0 Å². The topological polar surface area (TPSA) is 61.5 Å². The molecular weight excluding hydrogens is 190 g/mol. The summed E-state index contributed by atoms with van der Waals surface area (Å²) in [4.78, 5) is 13.3. The number of hydrogen-bond acceptors (Lipinski definition) is 2. The van der Waals surface area contributed by atoms with Crippen LogP contribution in [0.1, 0.15) is 0 Å². The zero-order valence-corrected chi connectivity index (χ0v) is 7.30. The number of rotatable bonds is 1. The fourth-order valence-electron chi connectivity index (χ4n) is 1.05. The van der Waals surface area contributed by atoms with E-state index < -0.39 is 0 Å². The summed E-state index contributed by atoms with van der Waals surface area (Å²) in [5.41, 5.74) is 0.373. The van der Waals surface area contributed by atoms with Crippen LogP contribution in [0.25, 0.3) is 11.4 Å². The summed E-state index contributed by atoms with van der Waals surface area (Å²) < 4.78 is 0. The van der Waals surface area contributed by atoms with Crippen LogP contribution in [0.4, 0.5) is 0 Å². The van der Waals surface area contributed by atoms with Crippen molar-refractivity contribution in [3.05, 3.63) is 39.8 Å². The van der Waals surface area contributed by atoms with E-state index in [1.807, 2.05) is 12.1 Å². The van der Waals surface area contributed by atoms with Crippen molar-refractivity contribution in [2.75, 3.05) is 0 Å². The van der Waals surface area contributed by atoms with Gasteiger partial charge >= 0.3 is 5.69 Å². The molecule has 1 aromatic heterocycles. The standard InChI is InChI=1S/C8H6ClN3O/c9-6-4-2-1-3-5(6)7-10-8(13)12-11-7/h1-4H,(H2,10,11,12,13). The largest absolute Gasteiger partial charge is 0.340 e. The number of H-pyrrole nitrogens is 2. The lowest BCUT2D eigenvalue weighted by atomic mass is 10.2. The second kappa shape index (κ2) is 3.06. The Morgan fingerprint density at radius 1 is 1.31 bits per heavy atom. The van der Waals surface area contributed by atoms with E-state index in [0.29, 0.717) is 16.4 Å². The second-order valence-electron chi connectivity index (χ2n) is 2.51. The average Bonchev–Trinajstić information content (AvgIpc) is 2.53. The fraction of sp³-hybridized carbons (Fsp3) is 0. The number of aromatic amines is 2. The van der Waals surface area contributed by atoms with Crippen LogP contribution in [0.2, 0.25) is 5.02 Å². The smallest absolute Gasteiger partial charge is 0.289 e. The first-order valence-corrected chi connectivity index (χ1v) is 4.05. The van der Waals surface area contributed by atoms with Gasteiger partial charge in [-0.1, -0.05) is 23.7 Å². The van der Waals surface area contributed by atoms with Crippen LogP contribution in [0, 0.1) is 0 Å². The van der Waals surface area contributed by atoms with E-state index in [-0.39, 0.29) is 5.69 Å². The van der Waals surface area contributed by atoms with Gasteiger partial charge in [0.25, 0.3) is 0 Å². The summed E-state index contributed by atoms with van der Waals surface area (Å²) in [7, 11) is 0. The molecule has 0 atom stereocenters. The first kappa shape index (κ1) is 8.07. The van der Waals surface area contributed by atoms with E-state index in [4.69, 9.17) is 11.6 Å². The van der Waals surface area contributed by atoms with Crippen LogP contribution < -0.4 is 5.69 Å². The average molecular weight is 196 g/mol. The van der Waals surface area contributed by atoms with Crippen molar-refractivity contribution in [1.29, 1.82) is 0 Å². The molecule has 2 aromatic rings. The Kier molecular flexibility index (Phi) is 1.90. The highest BCUT2D eigenvalue weighted by molar-refractivity contribution is 6.33. The summed E-state index contributed by atoms with van der Waals surface area (Å²) in [5.74, 6) is 0.454. The molecule has 1 aromatic carbocycles. The summed E-state index contributed by atoms with van der Waals surface area (Å²) in [5, 5.41) is 6.60. The van der Waals surface area contributed by atoms with Crippen molar-refractivity contribution in [3.8, 4) is 11.4 Å². The van der Waals surface area contributed by atoms with E-state index in [0.717, 1.165) is 0 Å². The quantitative estimate of drug-likeness (QED) is 0.723. The fourth-order valence-corrected chi connectivity index (χ4v) is 1.28. The summed E-state index contributed by atoms with van der Waals surface area (Å²) in [6.07, 6.45) is 0. The van der Waals surface area contributed by atoms with Crippen LogP contribution in [0.15, 0.2) is 29.1 Å². The molecule has 0 bridgehead atoms. The van der Waals surface area contributed by atoms with Gasteiger partial charge in [0.05, 0.1) is 5.02 Å². The van der Waals surface area contributed by atoms with Crippen LogP contribution in [-0.2, 0) is 0 Å². The monoisotopic (exact) mass is 195 g/mol. The zero-order chi connectivity index (χ0) is 9.26. The maximum atomic E-state index is 10.8. The number of benzene rings is 1. The highest BCUT2D eigenvalue weighted by Crippen LogP contribution is 2.22. The molecule has 1 heterocycles. The molecule has 5 heteroatoms. The first-order chi connectivity index (χ1) is 6.27. The number of aromatic nitrogens is 3. The molecule has 0 aliphatic rings. The van der Waals surface area contributed by atoms with Crippen molar-refractivity contribution >= 4 is 11.6 Å². The molecule has 4 nitrogen and oxygen atoms in total. The number of nitrogens with one attached hydrogen (secondary N) is 2. The van der Waals surface area contributed by atoms with Gasteiger partial charge in [0.1, 0.15) is 0 Å². The molecule has 0 saturated carbocycles. The molecule has 0 amide bonds. The Balaban J connectivity index is 2.58. The van der Waals surface area contributed by atoms with E-state index in [1.54, 1.807) is 12.1 Å². The predicted molar refractivity (Wildman–Crippen MR) is 49.7 cm³/mol. The summed E-state index contributed by atoms with van der Waals surface area (Å²) in [6, 6.07) is 7.17. The third kappa shape index (κ3) is 1.48. The van der Waals surface area contributed by atoms with Crippen molar-refractivity contribution in [3.63, 3.8) is 0 Å². The Hall–Kier alpha value is -1.55. The van der Waals surface area contributed by atoms with Crippen LogP contribution in [0.3, 0.4) is 0 Å². The van der Waals surface area contributed by atoms with Gasteiger partial charge in [-0.25, -0.2) is 9.89 Å². The minimum absolute atomic E-state index is 0.338. The van der Waals surface area contributed by atoms with Crippen molar-refractivity contribution < 1.29 is 0 Å². The minimum atomic E-state index is -0.338. The minimum Gasteiger partial charge on any atom is -0.289 e. The molecule has 0 aliphatic heterocycles. The molecule has 2 rings (SSSR count). The molecule has 66 valence electrons. The van der Waals surface area contributed by atoms with Gasteiger partial charge in [0, 0.05) is 5.56 Å². The van der Waals surface area contributed by atoms with Crippen molar-refractivity contribution in [2.24, 2.45) is 0 Å². The van der Waals surface area contributed by atoms with Gasteiger partial charge in [0.15, 0.2) is 5.82 Å². The van der Waals surface area contributed by atoms with E-state index in [2.05, 4.69) is 15.2 Å². The molecule has 0 saturated heterocycles. The Morgan fingerprint density at radius 2 is 2.08 bits per heavy atom. The Bertz CT molecular complexity index is 474. The number of halogens is 1. The SMILES string of the molecule is O=c1[nH]nc(-c2ccccc2Cl)[nH]1. The Morgan fingerprint density at radius 3 is 2.69 bits per heavy atom. The molecule has 13 heavy (non-hydrogen) atoms. The van der Waals surface area contributed by atoms with Crippen LogP contribution >= 0.6 is 11.6 Å². The van der Waals surface area contributed by atoms with E-state index >= 15 is 0 Å². The van der Waals surface area contributed by atoms with Crippen molar-refractivity contribution in [2.45, 2.75) is 0 Å². The summed E-state index contributed by atoms with van der Waals surface area (Å²) in [6.45, 7) is 0. The molecule has 2 N–H and O–H groups in total.